The van der Waals surface area contributed by atoms with Crippen LogP contribution in [0.3, 0.4) is 0 Å². The summed E-state index contributed by atoms with van der Waals surface area (Å²) in [4.78, 5) is 0. The molecule has 0 aliphatic heterocycles. The summed E-state index contributed by atoms with van der Waals surface area (Å²) in [6.07, 6.45) is 0. The van der Waals surface area contributed by atoms with Crippen molar-refractivity contribution >= 4 is 48.5 Å². The van der Waals surface area contributed by atoms with Gasteiger partial charge in [-0.25, -0.2) is 0 Å². The molecule has 4 aromatic carbocycles. The van der Waals surface area contributed by atoms with Gasteiger partial charge in [0.1, 0.15) is 0 Å². The first kappa shape index (κ1) is 33.9. The van der Waals surface area contributed by atoms with Gasteiger partial charge in [-0.3, -0.25) is 0 Å². The van der Waals surface area contributed by atoms with Crippen molar-refractivity contribution in [2.75, 3.05) is 0 Å². The Morgan fingerprint density at radius 2 is 0.895 bits per heavy atom. The predicted octanol–water partition coefficient (Wildman–Crippen LogP) is 12.4. The SMILES string of the molecule is Cc1cc2c(C(C)C)cc(C(C)C)cc2[cH-]1.Cc1cc2c(C(C)C)cc(C(C)C)cc2[cH-]1.[CH3][Ge]([CH3])=[Zr]([Cl])[Cl]. The second-order valence-electron chi connectivity index (χ2n) is 12.2. The number of aryl methyl sites for hydroxylation is 2. The van der Waals surface area contributed by atoms with Crippen molar-refractivity contribution in [2.45, 2.75) is 104 Å². The van der Waals surface area contributed by atoms with E-state index in [1.54, 1.807) is 0 Å². The average Bonchev–Trinajstić information content (AvgIpc) is 3.38. The Morgan fingerprint density at radius 1 is 0.579 bits per heavy atom. The van der Waals surface area contributed by atoms with Crippen LogP contribution in [0.15, 0.2) is 48.5 Å². The monoisotopic (exact) mass is 690 g/mol. The van der Waals surface area contributed by atoms with Crippen molar-refractivity contribution in [1.82, 2.24) is 0 Å². The van der Waals surface area contributed by atoms with Gasteiger partial charge in [-0.05, 0) is 23.7 Å². The third kappa shape index (κ3) is 9.36. The molecule has 0 amide bonds. The van der Waals surface area contributed by atoms with Crippen LogP contribution in [0.4, 0.5) is 0 Å². The molecule has 0 spiro atoms. The molecule has 4 aromatic rings. The number of hydrogen-bond donors (Lipinski definition) is 0. The predicted molar refractivity (Wildman–Crippen MR) is 174 cm³/mol. The number of hydrogen-bond acceptors (Lipinski definition) is 0. The molecule has 0 atom stereocenters. The first-order valence-corrected chi connectivity index (χ1v) is 32.0. The molecule has 0 N–H and O–H groups in total. The zero-order valence-electron chi connectivity index (χ0n) is 25.7. The number of benzene rings is 2. The Bertz CT molecular complexity index is 1270. The summed E-state index contributed by atoms with van der Waals surface area (Å²) in [5, 5.41) is 5.70. The Labute approximate surface area is 249 Å². The number of halogens is 2. The van der Waals surface area contributed by atoms with Gasteiger partial charge >= 0.3 is 54.8 Å². The molecule has 0 aliphatic rings. The molecule has 38 heavy (non-hydrogen) atoms. The third-order valence-electron chi connectivity index (χ3n) is 7.00. The molecular formula is C34H48Cl2GeZr-2. The molecule has 0 saturated heterocycles. The molecule has 0 saturated carbocycles. The van der Waals surface area contributed by atoms with E-state index in [2.05, 4.69) is 129 Å². The summed E-state index contributed by atoms with van der Waals surface area (Å²) in [5.41, 5.74) is 8.66. The third-order valence-corrected chi connectivity index (χ3v) is 41.5. The van der Waals surface area contributed by atoms with Crippen LogP contribution in [0.1, 0.15) is 112 Å². The van der Waals surface area contributed by atoms with Gasteiger partial charge < -0.3 is 0 Å². The molecule has 4 rings (SSSR count). The van der Waals surface area contributed by atoms with E-state index in [0.717, 1.165) is 0 Å². The molecular weight excluding hydrogens is 643 g/mol. The van der Waals surface area contributed by atoms with E-state index < -0.39 is 26.2 Å². The molecule has 0 heterocycles. The van der Waals surface area contributed by atoms with Gasteiger partial charge in [0.05, 0.1) is 0 Å². The fourth-order valence-corrected chi connectivity index (χ4v) is 4.67. The van der Waals surface area contributed by atoms with Crippen molar-refractivity contribution < 1.29 is 16.2 Å². The molecule has 0 aliphatic carbocycles. The summed E-state index contributed by atoms with van der Waals surface area (Å²) in [5.74, 6) is 6.88. The van der Waals surface area contributed by atoms with Crippen LogP contribution >= 0.6 is 17.0 Å². The van der Waals surface area contributed by atoms with Crippen LogP contribution in [0.2, 0.25) is 11.5 Å². The van der Waals surface area contributed by atoms with Crippen molar-refractivity contribution in [3.05, 3.63) is 81.9 Å². The van der Waals surface area contributed by atoms with E-state index in [4.69, 9.17) is 17.0 Å². The Morgan fingerprint density at radius 3 is 1.13 bits per heavy atom. The van der Waals surface area contributed by atoms with Gasteiger partial charge in [-0.15, -0.1) is 56.9 Å². The van der Waals surface area contributed by atoms with Gasteiger partial charge in [-0.2, -0.15) is 12.1 Å². The van der Waals surface area contributed by atoms with Gasteiger partial charge in [0.25, 0.3) is 0 Å². The molecule has 0 radical (unpaired) electrons. The van der Waals surface area contributed by atoms with Gasteiger partial charge in [-0.1, -0.05) is 104 Å². The van der Waals surface area contributed by atoms with E-state index >= 15 is 0 Å². The van der Waals surface area contributed by atoms with E-state index in [9.17, 15) is 0 Å². The molecule has 0 unspecified atom stereocenters. The number of fused-ring (bicyclic) bond motifs is 2. The van der Waals surface area contributed by atoms with E-state index in [0.29, 0.717) is 23.7 Å². The van der Waals surface area contributed by atoms with Crippen LogP contribution < -0.4 is 0 Å². The van der Waals surface area contributed by atoms with Crippen LogP contribution in [0, 0.1) is 13.8 Å². The minimum absolute atomic E-state index is 0.600. The standard InChI is InChI=1S/2C16H21.C2H6Ge.2ClH.Zr/c2*1-10(2)13-8-14-6-12(5)7-16(14)15(9-13)11(3)4;1-3-2;;;/h2*6-11H,1-5H3;1-2H3;2*1H;/q2*-1;;;;+2/p-2. The first-order chi connectivity index (χ1) is 17.6. The Balaban J connectivity index is 0.000000221. The normalized spacial score (nSPS) is 11.3. The van der Waals surface area contributed by atoms with Crippen LogP contribution in [-0.4, -0.2) is 9.98 Å². The maximum absolute atomic E-state index is 5.65. The molecule has 0 bridgehead atoms. The summed E-state index contributed by atoms with van der Waals surface area (Å²) >= 11 is -1.59. The minimum atomic E-state index is -1.59. The quantitative estimate of drug-likeness (QED) is 0.148. The van der Waals surface area contributed by atoms with Crippen LogP contribution in [0.25, 0.3) is 21.5 Å². The molecule has 208 valence electrons. The van der Waals surface area contributed by atoms with E-state index in [1.165, 1.54) is 54.9 Å². The van der Waals surface area contributed by atoms with Gasteiger partial charge in [0.2, 0.25) is 0 Å². The van der Waals surface area contributed by atoms with E-state index in [-0.39, 0.29) is 0 Å². The van der Waals surface area contributed by atoms with Crippen molar-refractivity contribution in [2.24, 2.45) is 0 Å². The second-order valence-corrected chi connectivity index (χ2v) is 50.1. The first-order valence-electron chi connectivity index (χ1n) is 14.0. The van der Waals surface area contributed by atoms with Crippen molar-refractivity contribution in [3.8, 4) is 0 Å². The van der Waals surface area contributed by atoms with Crippen LogP contribution in [0.5, 0.6) is 0 Å². The fourth-order valence-electron chi connectivity index (χ4n) is 4.67. The van der Waals surface area contributed by atoms with E-state index in [1.807, 2.05) is 0 Å². The summed E-state index contributed by atoms with van der Waals surface area (Å²) in [6, 6.07) is 18.7. The maximum atomic E-state index is 5.65. The fraction of sp³-hybridized carbons (Fsp3) is 0.471. The van der Waals surface area contributed by atoms with Gasteiger partial charge in [0, 0.05) is 0 Å². The summed E-state index contributed by atoms with van der Waals surface area (Å²) in [7, 11) is 10.6. The summed E-state index contributed by atoms with van der Waals surface area (Å²) in [6.45, 7) is 22.5. The Hall–Kier alpha value is -0.334. The molecule has 0 aromatic heterocycles. The summed E-state index contributed by atoms with van der Waals surface area (Å²) < 4.78 is 0. The zero-order chi connectivity index (χ0) is 28.9. The number of rotatable bonds is 4. The molecule has 0 fully saturated rings. The van der Waals surface area contributed by atoms with Gasteiger partial charge in [0.15, 0.2) is 0 Å². The Kier molecular flexibility index (Phi) is 13.4. The van der Waals surface area contributed by atoms with Crippen molar-refractivity contribution in [3.63, 3.8) is 0 Å². The van der Waals surface area contributed by atoms with Crippen molar-refractivity contribution in [1.29, 1.82) is 0 Å². The average molecular weight is 691 g/mol. The molecule has 4 heteroatoms. The molecule has 0 nitrogen and oxygen atoms in total. The second kappa shape index (κ2) is 15.1. The van der Waals surface area contributed by atoms with Crippen LogP contribution in [-0.2, 0) is 16.2 Å². The topological polar surface area (TPSA) is 0 Å². The zero-order valence-corrected chi connectivity index (χ0v) is 31.8.